The third kappa shape index (κ3) is 2.43. The molecular weight excluding hydrogens is 253 g/mol. The average molecular weight is 266 g/mol. The number of hydrogen-bond acceptors (Lipinski definition) is 1. The van der Waals surface area contributed by atoms with Crippen molar-refractivity contribution in [2.75, 3.05) is 7.11 Å². The van der Waals surface area contributed by atoms with Gasteiger partial charge in [-0.05, 0) is 17.7 Å². The van der Waals surface area contributed by atoms with E-state index in [0.717, 1.165) is 12.2 Å². The van der Waals surface area contributed by atoms with E-state index in [0.29, 0.717) is 5.75 Å². The molecule has 1 aliphatic carbocycles. The molecule has 0 aliphatic heterocycles. The van der Waals surface area contributed by atoms with Crippen LogP contribution in [0.15, 0.2) is 60.7 Å². The number of halogens is 3. The van der Waals surface area contributed by atoms with Gasteiger partial charge in [0.15, 0.2) is 0 Å². The van der Waals surface area contributed by atoms with Crippen LogP contribution in [-0.2, 0) is 5.41 Å². The minimum Gasteiger partial charge on any atom is -0.497 e. The van der Waals surface area contributed by atoms with Crippen LogP contribution in [-0.4, -0.2) is 13.3 Å². The Bertz CT molecular complexity index is 505. The van der Waals surface area contributed by atoms with Crippen LogP contribution in [0.3, 0.4) is 0 Å². The standard InChI is InChI=1S/C15H13F3O/c1-19-13-8-6-12(7-9-13)14(15(16,17)18)10-4-2-3-5-11-14/h2-11H,1H3. The maximum Gasteiger partial charge on any atom is 0.405 e. The van der Waals surface area contributed by atoms with Crippen LogP contribution < -0.4 is 4.74 Å². The summed E-state index contributed by atoms with van der Waals surface area (Å²) in [6.07, 6.45) is 3.90. The number of hydrogen-bond donors (Lipinski definition) is 0. The van der Waals surface area contributed by atoms with Gasteiger partial charge in [0, 0.05) is 0 Å². The molecule has 0 saturated heterocycles. The highest BCUT2D eigenvalue weighted by Gasteiger charge is 2.52. The summed E-state index contributed by atoms with van der Waals surface area (Å²) in [7, 11) is 1.48. The van der Waals surface area contributed by atoms with Gasteiger partial charge in [-0.3, -0.25) is 0 Å². The van der Waals surface area contributed by atoms with Crippen LogP contribution in [0.4, 0.5) is 13.2 Å². The summed E-state index contributed by atoms with van der Waals surface area (Å²) in [6.45, 7) is 0. The molecule has 0 saturated carbocycles. The summed E-state index contributed by atoms with van der Waals surface area (Å²) in [5.41, 5.74) is -1.93. The van der Waals surface area contributed by atoms with Gasteiger partial charge in [-0.15, -0.1) is 0 Å². The number of ether oxygens (including phenoxy) is 1. The predicted octanol–water partition coefficient (Wildman–Crippen LogP) is 4.18. The second-order valence-electron chi connectivity index (χ2n) is 4.20. The van der Waals surface area contributed by atoms with Crippen LogP contribution in [0.5, 0.6) is 5.75 Å². The first-order chi connectivity index (χ1) is 8.99. The van der Waals surface area contributed by atoms with Gasteiger partial charge >= 0.3 is 6.18 Å². The number of methoxy groups -OCH3 is 1. The zero-order valence-electron chi connectivity index (χ0n) is 10.3. The molecular formula is C15H13F3O. The van der Waals surface area contributed by atoms with E-state index in [1.54, 1.807) is 12.2 Å². The molecule has 0 unspecified atom stereocenters. The van der Waals surface area contributed by atoms with Crippen LogP contribution in [0.2, 0.25) is 0 Å². The van der Waals surface area contributed by atoms with E-state index in [4.69, 9.17) is 4.74 Å². The molecule has 1 nitrogen and oxygen atoms in total. The van der Waals surface area contributed by atoms with Crippen molar-refractivity contribution in [2.45, 2.75) is 11.6 Å². The fraction of sp³-hybridized carbons (Fsp3) is 0.200. The van der Waals surface area contributed by atoms with E-state index >= 15 is 0 Å². The van der Waals surface area contributed by atoms with Crippen molar-refractivity contribution in [1.82, 2.24) is 0 Å². The van der Waals surface area contributed by atoms with Crippen molar-refractivity contribution < 1.29 is 17.9 Å². The van der Waals surface area contributed by atoms with Crippen LogP contribution in [0, 0.1) is 0 Å². The van der Waals surface area contributed by atoms with Crippen molar-refractivity contribution >= 4 is 0 Å². The first kappa shape index (κ1) is 13.5. The van der Waals surface area contributed by atoms with Crippen molar-refractivity contribution in [2.24, 2.45) is 0 Å². The number of rotatable bonds is 2. The van der Waals surface area contributed by atoms with E-state index in [9.17, 15) is 13.2 Å². The lowest BCUT2D eigenvalue weighted by molar-refractivity contribution is -0.162. The molecule has 0 amide bonds. The molecule has 4 heteroatoms. The number of alkyl halides is 3. The highest BCUT2D eigenvalue weighted by Crippen LogP contribution is 2.44. The summed E-state index contributed by atoms with van der Waals surface area (Å²) in [6, 6.07) is 5.93. The average Bonchev–Trinajstić information content (AvgIpc) is 2.65. The van der Waals surface area contributed by atoms with Crippen molar-refractivity contribution in [3.8, 4) is 5.75 Å². The Balaban J connectivity index is 2.55. The minimum atomic E-state index is -4.40. The molecule has 0 spiro atoms. The van der Waals surface area contributed by atoms with Crippen LogP contribution in [0.1, 0.15) is 5.56 Å². The van der Waals surface area contributed by atoms with Gasteiger partial charge in [0.1, 0.15) is 11.2 Å². The van der Waals surface area contributed by atoms with E-state index in [-0.39, 0.29) is 5.56 Å². The SMILES string of the molecule is COc1ccc(C2(C(F)(F)F)C=CC=CC=C2)cc1. The first-order valence-corrected chi connectivity index (χ1v) is 5.74. The quantitative estimate of drug-likeness (QED) is 0.780. The lowest BCUT2D eigenvalue weighted by Crippen LogP contribution is -2.38. The summed E-state index contributed by atoms with van der Waals surface area (Å²) in [5, 5.41) is 0. The van der Waals surface area contributed by atoms with E-state index < -0.39 is 11.6 Å². The molecule has 0 atom stereocenters. The van der Waals surface area contributed by atoms with Gasteiger partial charge in [-0.1, -0.05) is 48.6 Å². The van der Waals surface area contributed by atoms with Gasteiger partial charge in [-0.2, -0.15) is 13.2 Å². The maximum absolute atomic E-state index is 13.5. The van der Waals surface area contributed by atoms with E-state index in [1.165, 1.54) is 43.5 Å². The Morgan fingerprint density at radius 2 is 1.42 bits per heavy atom. The molecule has 1 aliphatic rings. The van der Waals surface area contributed by atoms with Gasteiger partial charge in [0.2, 0.25) is 0 Å². The highest BCUT2D eigenvalue weighted by atomic mass is 19.4. The molecule has 1 aromatic carbocycles. The Kier molecular flexibility index (Phi) is 3.51. The normalized spacial score (nSPS) is 17.3. The predicted molar refractivity (Wildman–Crippen MR) is 68.1 cm³/mol. The molecule has 0 heterocycles. The topological polar surface area (TPSA) is 9.23 Å². The van der Waals surface area contributed by atoms with Gasteiger partial charge < -0.3 is 4.74 Å². The fourth-order valence-corrected chi connectivity index (χ4v) is 2.01. The smallest absolute Gasteiger partial charge is 0.405 e. The first-order valence-electron chi connectivity index (χ1n) is 5.74. The Hall–Kier alpha value is -1.97. The monoisotopic (exact) mass is 266 g/mol. The summed E-state index contributed by atoms with van der Waals surface area (Å²) < 4.78 is 45.4. The third-order valence-electron chi connectivity index (χ3n) is 3.09. The van der Waals surface area contributed by atoms with Crippen molar-refractivity contribution in [1.29, 1.82) is 0 Å². The molecule has 0 N–H and O–H groups in total. The highest BCUT2D eigenvalue weighted by molar-refractivity contribution is 5.44. The van der Waals surface area contributed by atoms with Crippen LogP contribution in [0.25, 0.3) is 0 Å². The molecule has 0 radical (unpaired) electrons. The molecule has 0 bridgehead atoms. The van der Waals surface area contributed by atoms with E-state index in [2.05, 4.69) is 0 Å². The lowest BCUT2D eigenvalue weighted by atomic mass is 9.79. The molecule has 2 rings (SSSR count). The summed E-state index contributed by atoms with van der Waals surface area (Å²) >= 11 is 0. The Labute approximate surface area is 109 Å². The minimum absolute atomic E-state index is 0.164. The summed E-state index contributed by atoms with van der Waals surface area (Å²) in [4.78, 5) is 0. The third-order valence-corrected chi connectivity index (χ3v) is 3.09. The molecule has 19 heavy (non-hydrogen) atoms. The zero-order chi connectivity index (χ0) is 13.9. The molecule has 0 fully saturated rings. The summed E-state index contributed by atoms with van der Waals surface area (Å²) in [5.74, 6) is 0.529. The second-order valence-corrected chi connectivity index (χ2v) is 4.20. The Morgan fingerprint density at radius 1 is 0.895 bits per heavy atom. The van der Waals surface area contributed by atoms with Gasteiger partial charge in [-0.25, -0.2) is 0 Å². The van der Waals surface area contributed by atoms with Gasteiger partial charge in [0.25, 0.3) is 0 Å². The molecule has 0 aromatic heterocycles. The van der Waals surface area contributed by atoms with Gasteiger partial charge in [0.05, 0.1) is 7.11 Å². The van der Waals surface area contributed by atoms with Crippen LogP contribution >= 0.6 is 0 Å². The maximum atomic E-state index is 13.5. The largest absolute Gasteiger partial charge is 0.497 e. The van der Waals surface area contributed by atoms with E-state index in [1.807, 2.05) is 0 Å². The Morgan fingerprint density at radius 3 is 1.84 bits per heavy atom. The van der Waals surface area contributed by atoms with Crippen molar-refractivity contribution in [3.05, 3.63) is 66.3 Å². The number of allylic oxidation sites excluding steroid dienone is 6. The van der Waals surface area contributed by atoms with Crippen molar-refractivity contribution in [3.63, 3.8) is 0 Å². The molecule has 100 valence electrons. The number of benzene rings is 1. The fourth-order valence-electron chi connectivity index (χ4n) is 2.01. The zero-order valence-corrected chi connectivity index (χ0v) is 10.3. The second kappa shape index (κ2) is 4.96. The molecule has 1 aromatic rings. The lowest BCUT2D eigenvalue weighted by Gasteiger charge is -2.30.